The van der Waals surface area contributed by atoms with Crippen molar-refractivity contribution in [1.82, 2.24) is 14.7 Å². The van der Waals surface area contributed by atoms with Crippen LogP contribution in [-0.2, 0) is 9.53 Å². The van der Waals surface area contributed by atoms with Gasteiger partial charge in [0.1, 0.15) is 17.0 Å². The number of likely N-dealkylation sites (tertiary alicyclic amines) is 1. The standard InChI is InChI=1S/C24H25N3O4/c1-17(23(28)26-14-6-7-15-26)31-24(29)21-16-27(19-8-4-3-5-9-19)25-22(21)18-10-12-20(30-2)13-11-18/h3-5,8-13,16-17H,6-7,14-15H2,1-2H3. The molecule has 31 heavy (non-hydrogen) atoms. The van der Waals surface area contributed by atoms with Crippen molar-refractivity contribution in [2.75, 3.05) is 20.2 Å². The SMILES string of the molecule is COc1ccc(-c2nn(-c3ccccc3)cc2C(=O)OC(C)C(=O)N2CCCC2)cc1. The van der Waals surface area contributed by atoms with Crippen LogP contribution < -0.4 is 4.74 Å². The molecule has 0 N–H and O–H groups in total. The Morgan fingerprint density at radius 3 is 2.32 bits per heavy atom. The van der Waals surface area contributed by atoms with E-state index >= 15 is 0 Å². The molecular weight excluding hydrogens is 394 g/mol. The number of esters is 1. The lowest BCUT2D eigenvalue weighted by molar-refractivity contribution is -0.138. The molecule has 1 aliphatic rings. The minimum atomic E-state index is -0.852. The number of carbonyl (C=O) groups is 2. The summed E-state index contributed by atoms with van der Waals surface area (Å²) in [4.78, 5) is 27.4. The Morgan fingerprint density at radius 2 is 1.68 bits per heavy atom. The second kappa shape index (κ2) is 9.04. The number of carbonyl (C=O) groups excluding carboxylic acids is 2. The molecule has 2 aromatic carbocycles. The first-order valence-electron chi connectivity index (χ1n) is 10.4. The Morgan fingerprint density at radius 1 is 1.00 bits per heavy atom. The smallest absolute Gasteiger partial charge is 0.342 e. The third kappa shape index (κ3) is 4.45. The molecule has 7 nitrogen and oxygen atoms in total. The topological polar surface area (TPSA) is 73.7 Å². The maximum absolute atomic E-state index is 13.1. The van der Waals surface area contributed by atoms with Gasteiger partial charge in [0.2, 0.25) is 0 Å². The summed E-state index contributed by atoms with van der Waals surface area (Å²) in [6, 6.07) is 16.8. The number of ether oxygens (including phenoxy) is 2. The minimum absolute atomic E-state index is 0.160. The zero-order valence-electron chi connectivity index (χ0n) is 17.7. The largest absolute Gasteiger partial charge is 0.497 e. The molecule has 1 fully saturated rings. The first kappa shape index (κ1) is 20.7. The van der Waals surface area contributed by atoms with Crippen LogP contribution in [-0.4, -0.2) is 52.9 Å². The van der Waals surface area contributed by atoms with Gasteiger partial charge in [-0.3, -0.25) is 4.79 Å². The average molecular weight is 419 g/mol. The molecule has 1 amide bonds. The summed E-state index contributed by atoms with van der Waals surface area (Å²) in [5.41, 5.74) is 2.35. The van der Waals surface area contributed by atoms with Crippen LogP contribution in [0.15, 0.2) is 60.8 Å². The molecule has 0 saturated carbocycles. The molecule has 7 heteroatoms. The molecule has 1 aliphatic heterocycles. The fourth-order valence-corrected chi connectivity index (χ4v) is 3.67. The monoisotopic (exact) mass is 419 g/mol. The van der Waals surface area contributed by atoms with Crippen molar-refractivity contribution in [1.29, 1.82) is 0 Å². The fraction of sp³-hybridized carbons (Fsp3) is 0.292. The van der Waals surface area contributed by atoms with Crippen LogP contribution in [0.25, 0.3) is 16.9 Å². The number of para-hydroxylation sites is 1. The van der Waals surface area contributed by atoms with Crippen LogP contribution in [0.3, 0.4) is 0 Å². The number of aromatic nitrogens is 2. The molecule has 0 bridgehead atoms. The summed E-state index contributed by atoms with van der Waals surface area (Å²) >= 11 is 0. The number of rotatable bonds is 6. The summed E-state index contributed by atoms with van der Waals surface area (Å²) in [5, 5.41) is 4.64. The van der Waals surface area contributed by atoms with Crippen molar-refractivity contribution < 1.29 is 19.1 Å². The van der Waals surface area contributed by atoms with Crippen molar-refractivity contribution in [3.63, 3.8) is 0 Å². The van der Waals surface area contributed by atoms with Crippen LogP contribution in [0.5, 0.6) is 5.75 Å². The Kier molecular flexibility index (Phi) is 6.02. The lowest BCUT2D eigenvalue weighted by Crippen LogP contribution is -2.38. The molecule has 0 aliphatic carbocycles. The zero-order chi connectivity index (χ0) is 21.8. The summed E-state index contributed by atoms with van der Waals surface area (Å²) in [6.07, 6.45) is 2.76. The van der Waals surface area contributed by atoms with Crippen LogP contribution in [0.4, 0.5) is 0 Å². The van der Waals surface area contributed by atoms with Crippen molar-refractivity contribution in [2.45, 2.75) is 25.9 Å². The van der Waals surface area contributed by atoms with Gasteiger partial charge in [0.05, 0.1) is 12.8 Å². The van der Waals surface area contributed by atoms with Gasteiger partial charge in [-0.05, 0) is 56.2 Å². The maximum Gasteiger partial charge on any atom is 0.342 e. The molecular formula is C24H25N3O4. The van der Waals surface area contributed by atoms with Crippen molar-refractivity contribution in [2.24, 2.45) is 0 Å². The molecule has 4 rings (SSSR count). The number of benzene rings is 2. The molecule has 2 heterocycles. The van der Waals surface area contributed by atoms with Gasteiger partial charge in [0.15, 0.2) is 6.10 Å². The molecule has 3 aromatic rings. The molecule has 1 unspecified atom stereocenters. The number of hydrogen-bond donors (Lipinski definition) is 0. The fourth-order valence-electron chi connectivity index (χ4n) is 3.67. The van der Waals surface area contributed by atoms with E-state index in [9.17, 15) is 9.59 Å². The van der Waals surface area contributed by atoms with Crippen molar-refractivity contribution >= 4 is 11.9 Å². The van der Waals surface area contributed by atoms with Gasteiger partial charge in [-0.25, -0.2) is 9.48 Å². The number of hydrogen-bond acceptors (Lipinski definition) is 5. The van der Waals surface area contributed by atoms with E-state index < -0.39 is 12.1 Å². The summed E-state index contributed by atoms with van der Waals surface area (Å²) in [5.74, 6) is -0.0273. The lowest BCUT2D eigenvalue weighted by Gasteiger charge is -2.20. The van der Waals surface area contributed by atoms with Crippen LogP contribution in [0.2, 0.25) is 0 Å². The van der Waals surface area contributed by atoms with E-state index in [2.05, 4.69) is 5.10 Å². The van der Waals surface area contributed by atoms with E-state index in [-0.39, 0.29) is 5.91 Å². The Bertz CT molecular complexity index is 1050. The van der Waals surface area contributed by atoms with E-state index in [1.165, 1.54) is 0 Å². The van der Waals surface area contributed by atoms with E-state index in [0.717, 1.165) is 24.1 Å². The molecule has 160 valence electrons. The minimum Gasteiger partial charge on any atom is -0.497 e. The molecule has 0 radical (unpaired) electrons. The molecule has 0 spiro atoms. The van der Waals surface area contributed by atoms with Gasteiger partial charge >= 0.3 is 5.97 Å². The third-order valence-electron chi connectivity index (χ3n) is 5.37. The second-order valence-electron chi connectivity index (χ2n) is 7.48. The normalized spacial score (nSPS) is 14.3. The number of amides is 1. The van der Waals surface area contributed by atoms with Gasteiger partial charge in [0, 0.05) is 24.8 Å². The first-order valence-corrected chi connectivity index (χ1v) is 10.4. The van der Waals surface area contributed by atoms with E-state index in [1.54, 1.807) is 29.8 Å². The Hall–Kier alpha value is -3.61. The highest BCUT2D eigenvalue weighted by atomic mass is 16.5. The highest BCUT2D eigenvalue weighted by Gasteiger charge is 2.28. The summed E-state index contributed by atoms with van der Waals surface area (Å²) in [6.45, 7) is 3.04. The van der Waals surface area contributed by atoms with E-state index in [4.69, 9.17) is 9.47 Å². The van der Waals surface area contributed by atoms with Gasteiger partial charge < -0.3 is 14.4 Å². The zero-order valence-corrected chi connectivity index (χ0v) is 17.7. The Balaban J connectivity index is 1.64. The second-order valence-corrected chi connectivity index (χ2v) is 7.48. The third-order valence-corrected chi connectivity index (χ3v) is 5.37. The average Bonchev–Trinajstić information content (AvgIpc) is 3.50. The molecule has 1 atom stereocenters. The van der Waals surface area contributed by atoms with Gasteiger partial charge in [-0.1, -0.05) is 18.2 Å². The van der Waals surface area contributed by atoms with Crippen molar-refractivity contribution in [3.05, 3.63) is 66.4 Å². The van der Waals surface area contributed by atoms with Gasteiger partial charge in [-0.15, -0.1) is 0 Å². The van der Waals surface area contributed by atoms with E-state index in [0.29, 0.717) is 30.1 Å². The summed E-state index contributed by atoms with van der Waals surface area (Å²) < 4.78 is 12.4. The number of methoxy groups -OCH3 is 1. The predicted molar refractivity (Wildman–Crippen MR) is 116 cm³/mol. The molecule has 1 aromatic heterocycles. The lowest BCUT2D eigenvalue weighted by atomic mass is 10.1. The first-order chi connectivity index (χ1) is 15.1. The summed E-state index contributed by atoms with van der Waals surface area (Å²) in [7, 11) is 1.60. The quantitative estimate of drug-likeness (QED) is 0.570. The highest BCUT2D eigenvalue weighted by Crippen LogP contribution is 2.27. The Labute approximate surface area is 181 Å². The predicted octanol–water partition coefficient (Wildman–Crippen LogP) is 3.72. The maximum atomic E-state index is 13.1. The van der Waals surface area contributed by atoms with Gasteiger partial charge in [0.25, 0.3) is 5.91 Å². The highest BCUT2D eigenvalue weighted by molar-refractivity contribution is 5.97. The van der Waals surface area contributed by atoms with Crippen LogP contribution in [0.1, 0.15) is 30.1 Å². The van der Waals surface area contributed by atoms with Crippen LogP contribution in [0, 0.1) is 0 Å². The van der Waals surface area contributed by atoms with Crippen molar-refractivity contribution in [3.8, 4) is 22.7 Å². The molecule has 1 saturated heterocycles. The number of nitrogens with zero attached hydrogens (tertiary/aromatic N) is 3. The van der Waals surface area contributed by atoms with Crippen LogP contribution >= 0.6 is 0 Å². The van der Waals surface area contributed by atoms with E-state index in [1.807, 2.05) is 54.6 Å². The van der Waals surface area contributed by atoms with Gasteiger partial charge in [-0.2, -0.15) is 5.10 Å².